The van der Waals surface area contributed by atoms with Crippen LogP contribution in [0.2, 0.25) is 4.34 Å². The first-order valence-electron chi connectivity index (χ1n) is 5.81. The SMILES string of the molecule is CCOc1ncccc1CNC(=O)c1ccc(Cl)s1. The van der Waals surface area contributed by atoms with E-state index in [1.807, 2.05) is 19.1 Å². The maximum absolute atomic E-state index is 11.9. The first-order chi connectivity index (χ1) is 9.20. The third-order valence-electron chi connectivity index (χ3n) is 2.37. The molecule has 1 amide bonds. The maximum Gasteiger partial charge on any atom is 0.261 e. The van der Waals surface area contributed by atoms with Crippen molar-refractivity contribution in [2.75, 3.05) is 6.61 Å². The number of hydrogen-bond acceptors (Lipinski definition) is 4. The zero-order valence-electron chi connectivity index (χ0n) is 10.4. The van der Waals surface area contributed by atoms with E-state index in [1.165, 1.54) is 11.3 Å². The van der Waals surface area contributed by atoms with Gasteiger partial charge in [-0.15, -0.1) is 11.3 Å². The van der Waals surface area contributed by atoms with Gasteiger partial charge in [-0.3, -0.25) is 4.79 Å². The van der Waals surface area contributed by atoms with E-state index < -0.39 is 0 Å². The molecule has 2 rings (SSSR count). The van der Waals surface area contributed by atoms with Gasteiger partial charge in [0.1, 0.15) is 0 Å². The first-order valence-corrected chi connectivity index (χ1v) is 7.00. The average Bonchev–Trinajstić information content (AvgIpc) is 2.84. The monoisotopic (exact) mass is 296 g/mol. The molecule has 0 saturated carbocycles. The molecule has 0 radical (unpaired) electrons. The second-order valence-corrected chi connectivity index (χ2v) is 5.40. The second-order valence-electron chi connectivity index (χ2n) is 3.69. The van der Waals surface area contributed by atoms with Crippen LogP contribution in [0.5, 0.6) is 5.88 Å². The number of nitrogens with zero attached hydrogens (tertiary/aromatic N) is 1. The van der Waals surface area contributed by atoms with Crippen LogP contribution in [-0.2, 0) is 6.54 Å². The number of hydrogen-bond donors (Lipinski definition) is 1. The van der Waals surface area contributed by atoms with Gasteiger partial charge in [0.25, 0.3) is 5.91 Å². The number of pyridine rings is 1. The van der Waals surface area contributed by atoms with Crippen molar-refractivity contribution in [1.82, 2.24) is 10.3 Å². The molecule has 4 nitrogen and oxygen atoms in total. The Hall–Kier alpha value is -1.59. The summed E-state index contributed by atoms with van der Waals surface area (Å²) in [5.41, 5.74) is 0.848. The molecule has 2 aromatic rings. The predicted octanol–water partition coefficient (Wildman–Crippen LogP) is 3.13. The van der Waals surface area contributed by atoms with E-state index in [2.05, 4.69) is 10.3 Å². The summed E-state index contributed by atoms with van der Waals surface area (Å²) in [5.74, 6) is 0.401. The normalized spacial score (nSPS) is 10.2. The van der Waals surface area contributed by atoms with Crippen molar-refractivity contribution >= 4 is 28.8 Å². The molecule has 0 aliphatic heterocycles. The molecule has 2 heterocycles. The lowest BCUT2D eigenvalue weighted by atomic mass is 10.2. The second kappa shape index (κ2) is 6.54. The van der Waals surface area contributed by atoms with Crippen LogP contribution in [0, 0.1) is 0 Å². The lowest BCUT2D eigenvalue weighted by Crippen LogP contribution is -2.22. The Bertz CT molecular complexity index is 571. The van der Waals surface area contributed by atoms with Gasteiger partial charge in [-0.1, -0.05) is 17.7 Å². The molecule has 0 atom stereocenters. The minimum absolute atomic E-state index is 0.150. The molecule has 0 aliphatic rings. The van der Waals surface area contributed by atoms with Crippen LogP contribution in [0.3, 0.4) is 0 Å². The minimum Gasteiger partial charge on any atom is -0.478 e. The smallest absolute Gasteiger partial charge is 0.261 e. The summed E-state index contributed by atoms with van der Waals surface area (Å²) in [5, 5.41) is 2.82. The molecule has 0 spiro atoms. The van der Waals surface area contributed by atoms with Gasteiger partial charge in [-0.25, -0.2) is 4.98 Å². The Morgan fingerprint density at radius 2 is 2.32 bits per heavy atom. The molecule has 0 aliphatic carbocycles. The molecule has 2 aromatic heterocycles. The van der Waals surface area contributed by atoms with Crippen LogP contribution in [-0.4, -0.2) is 17.5 Å². The van der Waals surface area contributed by atoms with Gasteiger partial charge in [0.2, 0.25) is 5.88 Å². The van der Waals surface area contributed by atoms with Crippen LogP contribution in [0.4, 0.5) is 0 Å². The highest BCUT2D eigenvalue weighted by Gasteiger charge is 2.10. The highest BCUT2D eigenvalue weighted by atomic mass is 35.5. The fourth-order valence-corrected chi connectivity index (χ4v) is 2.48. The van der Waals surface area contributed by atoms with Gasteiger partial charge < -0.3 is 10.1 Å². The molecular formula is C13H13ClN2O2S. The number of carbonyl (C=O) groups excluding carboxylic acids is 1. The Morgan fingerprint density at radius 3 is 3.00 bits per heavy atom. The largest absolute Gasteiger partial charge is 0.478 e. The number of nitrogens with one attached hydrogen (secondary N) is 1. The first kappa shape index (κ1) is 13.8. The van der Waals surface area contributed by atoms with E-state index >= 15 is 0 Å². The number of carbonyl (C=O) groups is 1. The number of halogens is 1. The van der Waals surface area contributed by atoms with E-state index in [0.29, 0.717) is 28.2 Å². The van der Waals surface area contributed by atoms with E-state index in [1.54, 1.807) is 18.3 Å². The molecular weight excluding hydrogens is 284 g/mol. The summed E-state index contributed by atoms with van der Waals surface area (Å²) >= 11 is 7.05. The molecule has 0 saturated heterocycles. The molecule has 0 bridgehead atoms. The summed E-state index contributed by atoms with van der Waals surface area (Å²) < 4.78 is 6.00. The summed E-state index contributed by atoms with van der Waals surface area (Å²) in [7, 11) is 0. The lowest BCUT2D eigenvalue weighted by molar-refractivity contribution is 0.0954. The third-order valence-corrected chi connectivity index (χ3v) is 3.60. The van der Waals surface area contributed by atoms with Gasteiger partial charge in [-0.2, -0.15) is 0 Å². The van der Waals surface area contributed by atoms with Crippen molar-refractivity contribution in [3.8, 4) is 5.88 Å². The molecule has 0 aromatic carbocycles. The van der Waals surface area contributed by atoms with Crippen molar-refractivity contribution in [3.63, 3.8) is 0 Å². The summed E-state index contributed by atoms with van der Waals surface area (Å²) in [4.78, 5) is 16.6. The van der Waals surface area contributed by atoms with Crippen LogP contribution >= 0.6 is 22.9 Å². The Kier molecular flexibility index (Phi) is 4.76. The van der Waals surface area contributed by atoms with Crippen molar-refractivity contribution in [2.45, 2.75) is 13.5 Å². The predicted molar refractivity (Wildman–Crippen MR) is 75.9 cm³/mol. The number of rotatable bonds is 5. The zero-order chi connectivity index (χ0) is 13.7. The van der Waals surface area contributed by atoms with Crippen LogP contribution in [0.25, 0.3) is 0 Å². The molecule has 0 unspecified atom stereocenters. The summed E-state index contributed by atoms with van der Waals surface area (Å²) in [6, 6.07) is 7.09. The molecule has 100 valence electrons. The minimum atomic E-state index is -0.150. The van der Waals surface area contributed by atoms with Crippen molar-refractivity contribution < 1.29 is 9.53 Å². The lowest BCUT2D eigenvalue weighted by Gasteiger charge is -2.09. The third kappa shape index (κ3) is 3.68. The summed E-state index contributed by atoms with van der Waals surface area (Å²) in [6.45, 7) is 2.81. The number of thiophene rings is 1. The van der Waals surface area contributed by atoms with E-state index in [9.17, 15) is 4.79 Å². The van der Waals surface area contributed by atoms with Gasteiger partial charge in [0.05, 0.1) is 15.8 Å². The van der Waals surface area contributed by atoms with Crippen molar-refractivity contribution in [1.29, 1.82) is 0 Å². The molecule has 0 fully saturated rings. The number of amides is 1. The number of aromatic nitrogens is 1. The fraction of sp³-hybridized carbons (Fsp3) is 0.231. The highest BCUT2D eigenvalue weighted by molar-refractivity contribution is 7.17. The van der Waals surface area contributed by atoms with Crippen LogP contribution in [0.1, 0.15) is 22.2 Å². The van der Waals surface area contributed by atoms with Gasteiger partial charge >= 0.3 is 0 Å². The fourth-order valence-electron chi connectivity index (χ4n) is 1.52. The molecule has 6 heteroatoms. The zero-order valence-corrected chi connectivity index (χ0v) is 11.9. The maximum atomic E-state index is 11.9. The van der Waals surface area contributed by atoms with Gasteiger partial charge in [-0.05, 0) is 25.1 Å². The van der Waals surface area contributed by atoms with Gasteiger partial charge in [0, 0.05) is 18.3 Å². The Balaban J connectivity index is 2.00. The average molecular weight is 297 g/mol. The topological polar surface area (TPSA) is 51.2 Å². The van der Waals surface area contributed by atoms with Gasteiger partial charge in [0.15, 0.2) is 0 Å². The summed E-state index contributed by atoms with van der Waals surface area (Å²) in [6.07, 6.45) is 1.66. The van der Waals surface area contributed by atoms with Crippen LogP contribution < -0.4 is 10.1 Å². The molecule has 1 N–H and O–H groups in total. The van der Waals surface area contributed by atoms with E-state index in [4.69, 9.17) is 16.3 Å². The Morgan fingerprint density at radius 1 is 1.47 bits per heavy atom. The quantitative estimate of drug-likeness (QED) is 0.922. The van der Waals surface area contributed by atoms with E-state index in [-0.39, 0.29) is 5.91 Å². The Labute approximate surface area is 120 Å². The van der Waals surface area contributed by atoms with Crippen LogP contribution in [0.15, 0.2) is 30.5 Å². The van der Waals surface area contributed by atoms with E-state index in [0.717, 1.165) is 5.56 Å². The standard InChI is InChI=1S/C13H13ClN2O2S/c1-2-18-13-9(4-3-7-15-13)8-16-12(17)10-5-6-11(14)19-10/h3-7H,2,8H2,1H3,(H,16,17). The number of ether oxygens (including phenoxy) is 1. The van der Waals surface area contributed by atoms with Crippen molar-refractivity contribution in [2.24, 2.45) is 0 Å². The molecule has 19 heavy (non-hydrogen) atoms. The highest BCUT2D eigenvalue weighted by Crippen LogP contribution is 2.21. The van der Waals surface area contributed by atoms with Crippen molar-refractivity contribution in [3.05, 3.63) is 45.2 Å².